The number of halogens is 1. The number of carbonyl (C=O) groups is 3. The maximum absolute atomic E-state index is 12.1. The van der Waals surface area contributed by atoms with E-state index in [0.717, 1.165) is 3.79 Å². The highest BCUT2D eigenvalue weighted by atomic mass is 79.9. The fourth-order valence-corrected chi connectivity index (χ4v) is 2.88. The molecule has 0 saturated carbocycles. The van der Waals surface area contributed by atoms with Gasteiger partial charge in [0.1, 0.15) is 0 Å². The molecule has 21 heavy (non-hydrogen) atoms. The second-order valence-corrected chi connectivity index (χ2v) is 6.87. The number of amides is 2. The monoisotopic (exact) mass is 376 g/mol. The van der Waals surface area contributed by atoms with Crippen LogP contribution in [0.2, 0.25) is 0 Å². The fraction of sp³-hybridized carbons (Fsp3) is 0.462. The van der Waals surface area contributed by atoms with Crippen molar-refractivity contribution in [1.29, 1.82) is 0 Å². The van der Waals surface area contributed by atoms with E-state index in [1.807, 2.05) is 0 Å². The van der Waals surface area contributed by atoms with E-state index in [0.29, 0.717) is 4.88 Å². The number of esters is 1. The number of thiophene rings is 1. The molecule has 0 saturated heterocycles. The fourth-order valence-electron chi connectivity index (χ4n) is 1.50. The number of likely N-dealkylation sites (N-methyl/N-ethyl adjacent to an activating group) is 2. The summed E-state index contributed by atoms with van der Waals surface area (Å²) in [4.78, 5) is 38.4. The van der Waals surface area contributed by atoms with Gasteiger partial charge in [0.05, 0.1) is 28.7 Å². The van der Waals surface area contributed by atoms with Crippen LogP contribution < -0.4 is 0 Å². The van der Waals surface area contributed by atoms with Gasteiger partial charge >= 0.3 is 5.97 Å². The third kappa shape index (κ3) is 5.47. The van der Waals surface area contributed by atoms with E-state index < -0.39 is 0 Å². The largest absolute Gasteiger partial charge is 0.469 e. The average Bonchev–Trinajstić information content (AvgIpc) is 2.89. The first-order valence-corrected chi connectivity index (χ1v) is 7.77. The van der Waals surface area contributed by atoms with Gasteiger partial charge in [-0.15, -0.1) is 11.3 Å². The van der Waals surface area contributed by atoms with Crippen molar-refractivity contribution in [3.05, 3.63) is 20.8 Å². The highest BCUT2D eigenvalue weighted by molar-refractivity contribution is 9.11. The zero-order valence-corrected chi connectivity index (χ0v) is 14.5. The van der Waals surface area contributed by atoms with Crippen LogP contribution in [0.25, 0.3) is 0 Å². The second-order valence-electron chi connectivity index (χ2n) is 4.41. The van der Waals surface area contributed by atoms with E-state index >= 15 is 0 Å². The molecule has 8 heteroatoms. The minimum atomic E-state index is -0.373. The predicted molar refractivity (Wildman–Crippen MR) is 83.2 cm³/mol. The Kier molecular flexibility index (Phi) is 6.83. The van der Waals surface area contributed by atoms with Gasteiger partial charge in [-0.1, -0.05) is 0 Å². The van der Waals surface area contributed by atoms with Gasteiger partial charge in [-0.3, -0.25) is 14.4 Å². The van der Waals surface area contributed by atoms with Gasteiger partial charge in [-0.05, 0) is 28.1 Å². The number of methoxy groups -OCH3 is 1. The van der Waals surface area contributed by atoms with Gasteiger partial charge in [0.25, 0.3) is 5.91 Å². The summed E-state index contributed by atoms with van der Waals surface area (Å²) in [5, 5.41) is 0. The van der Waals surface area contributed by atoms with Crippen LogP contribution in [0.4, 0.5) is 0 Å². The minimum absolute atomic E-state index is 0.0357. The molecule has 0 spiro atoms. The Morgan fingerprint density at radius 3 is 2.43 bits per heavy atom. The number of ether oxygens (including phenoxy) is 1. The van der Waals surface area contributed by atoms with Crippen LogP contribution in [0.5, 0.6) is 0 Å². The lowest BCUT2D eigenvalue weighted by molar-refractivity contribution is -0.141. The second kappa shape index (κ2) is 8.14. The van der Waals surface area contributed by atoms with E-state index in [9.17, 15) is 14.4 Å². The van der Waals surface area contributed by atoms with Crippen molar-refractivity contribution in [2.24, 2.45) is 0 Å². The van der Waals surface area contributed by atoms with E-state index in [4.69, 9.17) is 0 Å². The lowest BCUT2D eigenvalue weighted by atomic mass is 10.3. The van der Waals surface area contributed by atoms with Crippen LogP contribution >= 0.6 is 27.3 Å². The Labute approximate surface area is 135 Å². The van der Waals surface area contributed by atoms with Crippen LogP contribution in [0.1, 0.15) is 16.1 Å². The number of hydrogen-bond donors (Lipinski definition) is 0. The highest BCUT2D eigenvalue weighted by Crippen LogP contribution is 2.22. The lowest BCUT2D eigenvalue weighted by Gasteiger charge is -2.21. The van der Waals surface area contributed by atoms with Gasteiger partial charge in [0.2, 0.25) is 5.91 Å². The molecule has 0 bridgehead atoms. The maximum Gasteiger partial charge on any atom is 0.307 e. The first kappa shape index (κ1) is 17.6. The van der Waals surface area contributed by atoms with Crippen LogP contribution in [-0.4, -0.2) is 61.9 Å². The normalized spacial score (nSPS) is 10.1. The van der Waals surface area contributed by atoms with Crippen molar-refractivity contribution < 1.29 is 19.1 Å². The number of hydrogen-bond acceptors (Lipinski definition) is 5. The van der Waals surface area contributed by atoms with E-state index in [-0.39, 0.29) is 37.3 Å². The van der Waals surface area contributed by atoms with Crippen LogP contribution in [-0.2, 0) is 14.3 Å². The van der Waals surface area contributed by atoms with Crippen molar-refractivity contribution in [2.75, 3.05) is 34.3 Å². The van der Waals surface area contributed by atoms with E-state index in [1.165, 1.54) is 28.2 Å². The molecule has 0 N–H and O–H groups in total. The molecule has 0 aliphatic rings. The third-order valence-corrected chi connectivity index (χ3v) is 4.42. The molecule has 1 rings (SSSR count). The topological polar surface area (TPSA) is 66.9 Å². The Morgan fingerprint density at radius 2 is 1.90 bits per heavy atom. The molecule has 0 fully saturated rings. The number of carbonyl (C=O) groups excluding carboxylic acids is 3. The van der Waals surface area contributed by atoms with Crippen molar-refractivity contribution in [3.8, 4) is 0 Å². The number of nitrogens with zero attached hydrogens (tertiary/aromatic N) is 2. The molecule has 0 unspecified atom stereocenters. The summed E-state index contributed by atoms with van der Waals surface area (Å²) in [6, 6.07) is 3.50. The third-order valence-electron chi connectivity index (χ3n) is 2.81. The van der Waals surface area contributed by atoms with E-state index in [1.54, 1.807) is 26.2 Å². The Hall–Kier alpha value is -1.41. The van der Waals surface area contributed by atoms with Crippen LogP contribution in [0.3, 0.4) is 0 Å². The maximum atomic E-state index is 12.1. The Bertz CT molecular complexity index is 532. The van der Waals surface area contributed by atoms with Crippen molar-refractivity contribution >= 4 is 45.1 Å². The molecule has 0 aromatic carbocycles. The SMILES string of the molecule is COC(=O)CCN(C)C(=O)CN(C)C(=O)c1ccc(Br)s1. The molecule has 1 aromatic rings. The molecule has 1 aromatic heterocycles. The quantitative estimate of drug-likeness (QED) is 0.707. The van der Waals surface area contributed by atoms with Gasteiger partial charge in [-0.2, -0.15) is 0 Å². The molecule has 0 atom stereocenters. The van der Waals surface area contributed by atoms with Crippen LogP contribution in [0, 0.1) is 0 Å². The van der Waals surface area contributed by atoms with Crippen molar-refractivity contribution in [3.63, 3.8) is 0 Å². The van der Waals surface area contributed by atoms with Gasteiger partial charge in [0.15, 0.2) is 0 Å². The van der Waals surface area contributed by atoms with Gasteiger partial charge < -0.3 is 14.5 Å². The summed E-state index contributed by atoms with van der Waals surface area (Å²) in [6.07, 6.45) is 0.133. The molecule has 6 nitrogen and oxygen atoms in total. The zero-order valence-electron chi connectivity index (χ0n) is 12.1. The molecule has 2 amide bonds. The smallest absolute Gasteiger partial charge is 0.307 e. The standard InChI is InChI=1S/C13H17BrN2O4S/c1-15(7-6-12(18)20-3)11(17)8-16(2)13(19)9-4-5-10(14)21-9/h4-5H,6-8H2,1-3H3. The first-order valence-electron chi connectivity index (χ1n) is 6.16. The minimum Gasteiger partial charge on any atom is -0.469 e. The molecule has 1 heterocycles. The molecule has 116 valence electrons. The summed E-state index contributed by atoms with van der Waals surface area (Å²) in [5.74, 6) is -0.812. The van der Waals surface area contributed by atoms with Crippen LogP contribution in [0.15, 0.2) is 15.9 Å². The van der Waals surface area contributed by atoms with Gasteiger partial charge in [0, 0.05) is 20.6 Å². The number of rotatable bonds is 6. The molecular weight excluding hydrogens is 360 g/mol. The summed E-state index contributed by atoms with van der Waals surface area (Å²) < 4.78 is 5.38. The highest BCUT2D eigenvalue weighted by Gasteiger charge is 2.19. The zero-order chi connectivity index (χ0) is 16.0. The first-order chi connectivity index (χ1) is 9.85. The molecule has 0 radical (unpaired) electrons. The summed E-state index contributed by atoms with van der Waals surface area (Å²) in [7, 11) is 4.46. The Morgan fingerprint density at radius 1 is 1.24 bits per heavy atom. The summed E-state index contributed by atoms with van der Waals surface area (Å²) in [5.41, 5.74) is 0. The molecule has 0 aliphatic heterocycles. The van der Waals surface area contributed by atoms with Crippen molar-refractivity contribution in [2.45, 2.75) is 6.42 Å². The molecular formula is C13H17BrN2O4S. The van der Waals surface area contributed by atoms with Gasteiger partial charge in [-0.25, -0.2) is 0 Å². The van der Waals surface area contributed by atoms with E-state index in [2.05, 4.69) is 20.7 Å². The summed E-state index contributed by atoms with van der Waals surface area (Å²) >= 11 is 4.61. The summed E-state index contributed by atoms with van der Waals surface area (Å²) in [6.45, 7) is 0.226. The predicted octanol–water partition coefficient (Wildman–Crippen LogP) is 1.60. The Balaban J connectivity index is 2.49. The molecule has 0 aliphatic carbocycles. The average molecular weight is 377 g/mol. The lowest BCUT2D eigenvalue weighted by Crippen LogP contribution is -2.40. The van der Waals surface area contributed by atoms with Crippen molar-refractivity contribution in [1.82, 2.24) is 9.80 Å².